The molecule has 0 aliphatic carbocycles. The van der Waals surface area contributed by atoms with Gasteiger partial charge >= 0.3 is 27.0 Å². The molecule has 0 radical (unpaired) electrons. The van der Waals surface area contributed by atoms with Gasteiger partial charge in [0.05, 0.1) is 10.0 Å². The van der Waals surface area contributed by atoms with Crippen molar-refractivity contribution in [3.8, 4) is 0 Å². The summed E-state index contributed by atoms with van der Waals surface area (Å²) in [6, 6.07) is 16.9. The molecule has 2 aromatic rings. The van der Waals surface area contributed by atoms with Crippen molar-refractivity contribution in [2.24, 2.45) is 5.41 Å². The summed E-state index contributed by atoms with van der Waals surface area (Å²) in [5, 5.41) is 0. The molecule has 0 aliphatic heterocycles. The molecule has 0 spiro atoms. The minimum absolute atomic E-state index is 0. The fourth-order valence-corrected chi connectivity index (χ4v) is 4.32. The Morgan fingerprint density at radius 3 is 1.78 bits per heavy atom. The van der Waals surface area contributed by atoms with Gasteiger partial charge in [-0.15, -0.1) is 12.1 Å². The average molecular weight is 496 g/mol. The van der Waals surface area contributed by atoms with Gasteiger partial charge in [-0.25, -0.2) is 8.42 Å². The van der Waals surface area contributed by atoms with Crippen LogP contribution in [-0.2, 0) is 27.3 Å². The van der Waals surface area contributed by atoms with Crippen molar-refractivity contribution in [3.05, 3.63) is 89.7 Å². The Bertz CT molecular complexity index is 751. The molecule has 0 amide bonds. The zero-order valence-corrected chi connectivity index (χ0v) is 19.3. The maximum atomic E-state index is 12.5. The van der Waals surface area contributed by atoms with Crippen molar-refractivity contribution < 1.29 is 25.7 Å². The van der Waals surface area contributed by atoms with Gasteiger partial charge in [0, 0.05) is 5.75 Å². The molecule has 0 saturated heterocycles. The molecule has 1 N–H and O–H groups in total. The molecular formula is C20H27ClN2O2RuS. The van der Waals surface area contributed by atoms with E-state index in [2.05, 4.69) is 14.4 Å². The first-order valence-electron chi connectivity index (χ1n) is 8.07. The number of nitrogens with one attached hydrogen (secondary N) is 1. The Hall–Kier alpha value is -0.777. The van der Waals surface area contributed by atoms with Gasteiger partial charge in [-0.1, -0.05) is 92.6 Å². The van der Waals surface area contributed by atoms with E-state index in [1.54, 1.807) is 0 Å². The number of rotatable bonds is 6. The molecular weight excluding hydrogens is 469 g/mol. The van der Waals surface area contributed by atoms with E-state index in [1.165, 1.54) is 0 Å². The van der Waals surface area contributed by atoms with Gasteiger partial charge in [0.2, 0.25) is 0 Å². The van der Waals surface area contributed by atoms with Gasteiger partial charge in [0.15, 0.2) is 0 Å². The van der Waals surface area contributed by atoms with Crippen molar-refractivity contribution in [3.63, 3.8) is 0 Å². The fourth-order valence-electron chi connectivity index (χ4n) is 2.56. The summed E-state index contributed by atoms with van der Waals surface area (Å²) in [5.41, 5.74) is 9.67. The van der Waals surface area contributed by atoms with Crippen molar-refractivity contribution in [2.75, 3.05) is 5.75 Å². The summed E-state index contributed by atoms with van der Waals surface area (Å²) in [5.74, 6) is -0.0369. The number of sulfonamides is 1. The van der Waals surface area contributed by atoms with E-state index >= 15 is 0 Å². The van der Waals surface area contributed by atoms with Crippen LogP contribution in [0.25, 0.3) is 10.5 Å². The monoisotopic (exact) mass is 496 g/mol. The zero-order chi connectivity index (χ0) is 19.8. The number of benzene rings is 2. The summed E-state index contributed by atoms with van der Waals surface area (Å²) in [6.07, 6.45) is 0. The van der Waals surface area contributed by atoms with E-state index in [0.717, 1.165) is 11.1 Å². The van der Waals surface area contributed by atoms with E-state index in [4.69, 9.17) is 5.73 Å². The Morgan fingerprint density at radius 1 is 0.963 bits per heavy atom. The molecule has 7 heteroatoms. The fraction of sp³-hybridized carbons (Fsp3) is 0.350. The summed E-state index contributed by atoms with van der Waals surface area (Å²) >= 11 is 1.82. The molecule has 150 valence electrons. The van der Waals surface area contributed by atoms with Gasteiger partial charge in [0.1, 0.15) is 0 Å². The predicted molar refractivity (Wildman–Crippen MR) is 112 cm³/mol. The summed E-state index contributed by atoms with van der Waals surface area (Å²) in [4.78, 5) is 0. The third-order valence-electron chi connectivity index (χ3n) is 3.51. The second kappa shape index (κ2) is 11.9. The third-order valence-corrected chi connectivity index (χ3v) is 5.28. The molecule has 0 bridgehead atoms. The van der Waals surface area contributed by atoms with Crippen LogP contribution >= 0.6 is 9.69 Å². The maximum absolute atomic E-state index is 12.5. The summed E-state index contributed by atoms with van der Waals surface area (Å²) in [7, 11) is 0.934. The SMILES string of the molecule is CC(C)(C)CS(=O)(=O)[N-]C(c1ccccc1)C([NH-])c1ccccc1.[CH3-].[Cl][Ru+3]. The molecule has 2 aromatic carbocycles. The molecule has 2 unspecified atom stereocenters. The van der Waals surface area contributed by atoms with Gasteiger partial charge in [-0.2, -0.15) is 0 Å². The first-order chi connectivity index (χ1) is 12.2. The van der Waals surface area contributed by atoms with Gasteiger partial charge in [0.25, 0.3) is 0 Å². The second-order valence-corrected chi connectivity index (χ2v) is 8.80. The van der Waals surface area contributed by atoms with Crippen LogP contribution in [0.1, 0.15) is 44.0 Å². The quantitative estimate of drug-likeness (QED) is 0.343. The van der Waals surface area contributed by atoms with Crippen LogP contribution in [0.4, 0.5) is 0 Å². The Morgan fingerprint density at radius 2 is 1.37 bits per heavy atom. The molecule has 4 nitrogen and oxygen atoms in total. The average Bonchev–Trinajstić information content (AvgIpc) is 2.60. The zero-order valence-electron chi connectivity index (χ0n) is 16.0. The van der Waals surface area contributed by atoms with Crippen molar-refractivity contribution >= 4 is 19.7 Å². The van der Waals surface area contributed by atoms with Crippen molar-refractivity contribution in [1.82, 2.24) is 0 Å². The third kappa shape index (κ3) is 9.31. The predicted octanol–water partition coefficient (Wildman–Crippen LogP) is 6.41. The number of hydrogen-bond acceptors (Lipinski definition) is 2. The van der Waals surface area contributed by atoms with Crippen LogP contribution in [-0.4, -0.2) is 14.2 Å². The Balaban J connectivity index is 0.00000218. The van der Waals surface area contributed by atoms with Crippen LogP contribution in [0.5, 0.6) is 0 Å². The summed E-state index contributed by atoms with van der Waals surface area (Å²) in [6.45, 7) is 5.60. The summed E-state index contributed by atoms with van der Waals surface area (Å²) < 4.78 is 29.2. The van der Waals surface area contributed by atoms with E-state index in [0.29, 0.717) is 0 Å². The molecule has 0 aromatic heterocycles. The standard InChI is InChI=1S/C19H24N2O2S.CH3.ClH.Ru/c1-19(2,3)14-24(22,23)21-18(16-12-8-5-9-13-16)17(20)15-10-6-4-7-11-15;;;/h4-13,17-18,20H,14H2,1-3H3;1H3;1H;/q-2;-1;;+4/p-1. The van der Waals surface area contributed by atoms with E-state index in [1.807, 2.05) is 98.7 Å². The Labute approximate surface area is 178 Å². The number of halogens is 1. The second-order valence-electron chi connectivity index (χ2n) is 7.14. The van der Waals surface area contributed by atoms with Gasteiger partial charge in [-0.05, 0) is 5.41 Å². The van der Waals surface area contributed by atoms with Crippen LogP contribution in [0.2, 0.25) is 0 Å². The van der Waals surface area contributed by atoms with E-state index < -0.39 is 22.1 Å². The van der Waals surface area contributed by atoms with Crippen LogP contribution < -0.4 is 0 Å². The van der Waals surface area contributed by atoms with Crippen molar-refractivity contribution in [1.29, 1.82) is 0 Å². The van der Waals surface area contributed by atoms with E-state index in [-0.39, 0.29) is 18.6 Å². The molecule has 0 heterocycles. The molecule has 2 rings (SSSR count). The molecule has 0 saturated carbocycles. The molecule has 0 fully saturated rings. The normalized spacial score (nSPS) is 13.5. The van der Waals surface area contributed by atoms with E-state index in [9.17, 15) is 8.42 Å². The van der Waals surface area contributed by atoms with Gasteiger partial charge in [-0.3, -0.25) is 0 Å². The first kappa shape index (κ1) is 26.2. The Kier molecular flexibility index (Phi) is 11.6. The number of nitrogens with zero attached hydrogens (tertiary/aromatic N) is 1. The molecule has 2 atom stereocenters. The topological polar surface area (TPSA) is 72.0 Å². The van der Waals surface area contributed by atoms with Crippen LogP contribution in [0.3, 0.4) is 0 Å². The minimum atomic E-state index is -3.63. The number of hydrogen-bond donors (Lipinski definition) is 0. The molecule has 0 aliphatic rings. The first-order valence-corrected chi connectivity index (χ1v) is 11.9. The van der Waals surface area contributed by atoms with Crippen LogP contribution in [0.15, 0.2) is 60.7 Å². The van der Waals surface area contributed by atoms with Gasteiger partial charge < -0.3 is 17.9 Å². The van der Waals surface area contributed by atoms with Crippen LogP contribution in [0, 0.1) is 12.8 Å². The van der Waals surface area contributed by atoms with Crippen molar-refractivity contribution in [2.45, 2.75) is 32.9 Å². The molecule has 27 heavy (non-hydrogen) atoms.